The standard InChI is InChI=1S/C24H28N2/c1-4-6-12-20(5-2)18-26-19(3)24(25,17-21-13-8-7-9-14-21)22-15-10-11-16-23(22)26/h4-6,8,10-16H,2-3,7,9,17-18,25H2,1H3/b6-4-,20-12+. The van der Waals surface area contributed by atoms with Gasteiger partial charge >= 0.3 is 0 Å². The van der Waals surface area contributed by atoms with E-state index in [-0.39, 0.29) is 0 Å². The van der Waals surface area contributed by atoms with Crippen LogP contribution >= 0.6 is 0 Å². The summed E-state index contributed by atoms with van der Waals surface area (Å²) in [6.45, 7) is 11.1. The first kappa shape index (κ1) is 18.2. The molecule has 1 unspecified atom stereocenters. The summed E-state index contributed by atoms with van der Waals surface area (Å²) in [4.78, 5) is 2.24. The topological polar surface area (TPSA) is 29.3 Å². The van der Waals surface area contributed by atoms with E-state index in [9.17, 15) is 0 Å². The predicted octanol–water partition coefficient (Wildman–Crippen LogP) is 5.53. The van der Waals surface area contributed by atoms with E-state index in [1.54, 1.807) is 0 Å². The van der Waals surface area contributed by atoms with E-state index >= 15 is 0 Å². The molecule has 2 heteroatoms. The first-order chi connectivity index (χ1) is 12.6. The van der Waals surface area contributed by atoms with Crippen LogP contribution in [0.3, 0.4) is 0 Å². The summed E-state index contributed by atoms with van der Waals surface area (Å²) in [5, 5.41) is 0. The van der Waals surface area contributed by atoms with Crippen molar-refractivity contribution in [2.75, 3.05) is 11.4 Å². The van der Waals surface area contributed by atoms with E-state index < -0.39 is 5.54 Å². The molecule has 26 heavy (non-hydrogen) atoms. The van der Waals surface area contributed by atoms with Gasteiger partial charge in [-0.1, -0.05) is 73.9 Å². The smallest absolute Gasteiger partial charge is 0.0873 e. The van der Waals surface area contributed by atoms with Crippen molar-refractivity contribution >= 4 is 5.69 Å². The Morgan fingerprint density at radius 1 is 1.31 bits per heavy atom. The normalized spacial score (nSPS) is 22.7. The number of nitrogens with two attached hydrogens (primary N) is 1. The van der Waals surface area contributed by atoms with Gasteiger partial charge in [0.25, 0.3) is 0 Å². The molecule has 0 aromatic heterocycles. The second kappa shape index (κ2) is 7.76. The van der Waals surface area contributed by atoms with E-state index in [0.717, 1.165) is 48.3 Å². The zero-order chi connectivity index (χ0) is 18.6. The zero-order valence-electron chi connectivity index (χ0n) is 15.6. The average Bonchev–Trinajstić information content (AvgIpc) is 2.87. The highest BCUT2D eigenvalue weighted by atomic mass is 15.2. The SMILES string of the molecule is C=C/C(=C\C=C/C)CN1C(=C)C(N)(CC2=CCCC=C2)c2ccccc21. The third kappa shape index (κ3) is 3.38. The molecule has 0 bridgehead atoms. The maximum absolute atomic E-state index is 6.98. The molecule has 0 amide bonds. The number of benzene rings is 1. The van der Waals surface area contributed by atoms with Gasteiger partial charge in [0.05, 0.1) is 5.54 Å². The number of allylic oxidation sites excluding steroid dienone is 6. The Kier molecular flexibility index (Phi) is 5.43. The molecule has 1 atom stereocenters. The second-order valence-electron chi connectivity index (χ2n) is 6.93. The van der Waals surface area contributed by atoms with Crippen LogP contribution in [0.15, 0.2) is 96.8 Å². The molecule has 1 aromatic rings. The van der Waals surface area contributed by atoms with E-state index in [0.29, 0.717) is 0 Å². The van der Waals surface area contributed by atoms with Crippen molar-refractivity contribution in [3.63, 3.8) is 0 Å². The highest BCUT2D eigenvalue weighted by Crippen LogP contribution is 2.47. The molecule has 1 aromatic carbocycles. The maximum atomic E-state index is 6.98. The van der Waals surface area contributed by atoms with Crippen molar-refractivity contribution in [1.82, 2.24) is 0 Å². The van der Waals surface area contributed by atoms with Crippen molar-refractivity contribution in [3.8, 4) is 0 Å². The van der Waals surface area contributed by atoms with Gasteiger partial charge < -0.3 is 10.6 Å². The highest BCUT2D eigenvalue weighted by molar-refractivity contribution is 5.71. The number of hydrogen-bond donors (Lipinski definition) is 1. The van der Waals surface area contributed by atoms with Crippen LogP contribution in [-0.4, -0.2) is 6.54 Å². The van der Waals surface area contributed by atoms with Crippen LogP contribution in [0.1, 0.15) is 31.7 Å². The molecular formula is C24H28N2. The molecule has 1 aliphatic carbocycles. The van der Waals surface area contributed by atoms with E-state index in [2.05, 4.69) is 66.6 Å². The van der Waals surface area contributed by atoms with Gasteiger partial charge in [0.2, 0.25) is 0 Å². The Morgan fingerprint density at radius 3 is 2.81 bits per heavy atom. The fourth-order valence-corrected chi connectivity index (χ4v) is 3.71. The van der Waals surface area contributed by atoms with Crippen molar-refractivity contribution in [1.29, 1.82) is 0 Å². The third-order valence-electron chi connectivity index (χ3n) is 5.18. The Hall–Kier alpha value is -2.58. The predicted molar refractivity (Wildman–Crippen MR) is 113 cm³/mol. The number of nitrogens with zero attached hydrogens (tertiary/aromatic N) is 1. The van der Waals surface area contributed by atoms with Gasteiger partial charge in [0.15, 0.2) is 0 Å². The summed E-state index contributed by atoms with van der Waals surface area (Å²) >= 11 is 0. The lowest BCUT2D eigenvalue weighted by molar-refractivity contribution is 0.535. The molecule has 2 aliphatic rings. The molecular weight excluding hydrogens is 316 g/mol. The van der Waals surface area contributed by atoms with Crippen LogP contribution in [0.25, 0.3) is 0 Å². The molecule has 2 N–H and O–H groups in total. The van der Waals surface area contributed by atoms with Crippen LogP contribution in [0.5, 0.6) is 0 Å². The molecule has 1 heterocycles. The molecule has 3 rings (SSSR count). The lowest BCUT2D eigenvalue weighted by Crippen LogP contribution is -2.39. The van der Waals surface area contributed by atoms with E-state index in [1.807, 2.05) is 25.2 Å². The van der Waals surface area contributed by atoms with Crippen molar-refractivity contribution in [2.24, 2.45) is 5.73 Å². The van der Waals surface area contributed by atoms with Crippen LogP contribution in [0.2, 0.25) is 0 Å². The Morgan fingerprint density at radius 2 is 2.12 bits per heavy atom. The van der Waals surface area contributed by atoms with Crippen LogP contribution < -0.4 is 10.6 Å². The van der Waals surface area contributed by atoms with E-state index in [4.69, 9.17) is 5.73 Å². The van der Waals surface area contributed by atoms with Crippen LogP contribution in [0, 0.1) is 0 Å². The Bertz CT molecular complexity index is 822. The molecule has 134 valence electrons. The number of rotatable bonds is 6. The van der Waals surface area contributed by atoms with Crippen molar-refractivity contribution in [2.45, 2.75) is 31.7 Å². The highest BCUT2D eigenvalue weighted by Gasteiger charge is 2.43. The Balaban J connectivity index is 1.96. The minimum Gasteiger partial charge on any atom is -0.339 e. The fraction of sp³-hybridized carbons (Fsp3) is 0.250. The molecule has 0 saturated carbocycles. The summed E-state index contributed by atoms with van der Waals surface area (Å²) < 4.78 is 0. The monoisotopic (exact) mass is 344 g/mol. The number of fused-ring (bicyclic) bond motifs is 1. The maximum Gasteiger partial charge on any atom is 0.0873 e. The first-order valence-corrected chi connectivity index (χ1v) is 9.25. The van der Waals surface area contributed by atoms with Gasteiger partial charge in [-0.25, -0.2) is 0 Å². The summed E-state index contributed by atoms with van der Waals surface area (Å²) in [5.74, 6) is 0. The number of hydrogen-bond acceptors (Lipinski definition) is 2. The van der Waals surface area contributed by atoms with Crippen LogP contribution in [-0.2, 0) is 5.54 Å². The first-order valence-electron chi connectivity index (χ1n) is 9.25. The molecule has 0 saturated heterocycles. The third-order valence-corrected chi connectivity index (χ3v) is 5.18. The van der Waals surface area contributed by atoms with Crippen molar-refractivity contribution in [3.05, 3.63) is 102 Å². The molecule has 1 aliphatic heterocycles. The lowest BCUT2D eigenvalue weighted by Gasteiger charge is -2.30. The summed E-state index contributed by atoms with van der Waals surface area (Å²) in [6.07, 6.45) is 17.8. The molecule has 0 spiro atoms. The summed E-state index contributed by atoms with van der Waals surface area (Å²) in [6, 6.07) is 8.40. The van der Waals surface area contributed by atoms with Gasteiger partial charge in [-0.2, -0.15) is 0 Å². The fourth-order valence-electron chi connectivity index (χ4n) is 3.71. The van der Waals surface area contributed by atoms with Gasteiger partial charge in [-0.15, -0.1) is 0 Å². The second-order valence-corrected chi connectivity index (χ2v) is 6.93. The minimum absolute atomic E-state index is 0.572. The molecule has 2 nitrogen and oxygen atoms in total. The minimum atomic E-state index is -0.572. The summed E-state index contributed by atoms with van der Waals surface area (Å²) in [5.41, 5.74) is 12.1. The largest absolute Gasteiger partial charge is 0.339 e. The van der Waals surface area contributed by atoms with E-state index in [1.165, 1.54) is 5.57 Å². The quantitative estimate of drug-likeness (QED) is 0.688. The lowest BCUT2D eigenvalue weighted by atomic mass is 9.83. The van der Waals surface area contributed by atoms with Gasteiger partial charge in [0.1, 0.15) is 0 Å². The molecule has 0 radical (unpaired) electrons. The van der Waals surface area contributed by atoms with Gasteiger partial charge in [-0.3, -0.25) is 0 Å². The summed E-state index contributed by atoms with van der Waals surface area (Å²) in [7, 11) is 0. The van der Waals surface area contributed by atoms with Gasteiger partial charge in [-0.05, 0) is 43.4 Å². The number of anilines is 1. The zero-order valence-corrected chi connectivity index (χ0v) is 15.6. The Labute approximate surface area is 157 Å². The van der Waals surface area contributed by atoms with Crippen LogP contribution in [0.4, 0.5) is 5.69 Å². The van der Waals surface area contributed by atoms with Gasteiger partial charge in [0, 0.05) is 23.5 Å². The number of para-hydroxylation sites is 1. The average molecular weight is 345 g/mol. The van der Waals surface area contributed by atoms with Crippen molar-refractivity contribution < 1.29 is 0 Å². The molecule has 0 fully saturated rings.